The van der Waals surface area contributed by atoms with Crippen molar-refractivity contribution in [2.24, 2.45) is 0 Å². The maximum Gasteiger partial charge on any atom is 0.0693 e. The van der Waals surface area contributed by atoms with Crippen LogP contribution in [0.25, 0.3) is 0 Å². The summed E-state index contributed by atoms with van der Waals surface area (Å²) >= 11 is 2.00. The molecule has 1 aromatic carbocycles. The van der Waals surface area contributed by atoms with Crippen LogP contribution in [0.5, 0.6) is 0 Å². The number of rotatable bonds is 2. The van der Waals surface area contributed by atoms with Gasteiger partial charge in [-0.25, -0.2) is 0 Å². The van der Waals surface area contributed by atoms with Gasteiger partial charge in [0, 0.05) is 22.4 Å². The molecule has 3 rings (SSSR count). The Morgan fingerprint density at radius 1 is 1.39 bits per heavy atom. The van der Waals surface area contributed by atoms with Crippen molar-refractivity contribution < 1.29 is 4.74 Å². The molecule has 3 heteroatoms. The van der Waals surface area contributed by atoms with Crippen LogP contribution in [0, 0.1) is 6.92 Å². The Labute approximate surface area is 113 Å². The first-order chi connectivity index (χ1) is 8.69. The second-order valence-electron chi connectivity index (χ2n) is 5.59. The largest absolute Gasteiger partial charge is 0.398 e. The summed E-state index contributed by atoms with van der Waals surface area (Å²) in [4.78, 5) is 1.34. The molecule has 1 saturated carbocycles. The molecule has 1 heterocycles. The summed E-state index contributed by atoms with van der Waals surface area (Å²) in [5, 5.41) is 0.694. The van der Waals surface area contributed by atoms with Gasteiger partial charge in [0.05, 0.1) is 5.60 Å². The quantitative estimate of drug-likeness (QED) is 0.825. The Bertz CT molecular complexity index is 442. The average Bonchev–Trinajstić information content (AvgIpc) is 2.34. The molecule has 1 aliphatic heterocycles. The zero-order chi connectivity index (χ0) is 12.6. The van der Waals surface area contributed by atoms with Crippen molar-refractivity contribution in [1.82, 2.24) is 0 Å². The molecular formula is C15H21NOS. The van der Waals surface area contributed by atoms with E-state index in [0.717, 1.165) is 12.3 Å². The van der Waals surface area contributed by atoms with Crippen LogP contribution in [0.4, 0.5) is 5.69 Å². The number of thioether (sulfide) groups is 1. The Kier molecular flexibility index (Phi) is 3.29. The van der Waals surface area contributed by atoms with Gasteiger partial charge in [-0.3, -0.25) is 0 Å². The first-order valence-corrected chi connectivity index (χ1v) is 7.72. The van der Waals surface area contributed by atoms with E-state index < -0.39 is 0 Å². The summed E-state index contributed by atoms with van der Waals surface area (Å²) in [6.07, 6.45) is 6.25. The van der Waals surface area contributed by atoms with Crippen molar-refractivity contribution in [3.05, 3.63) is 23.8 Å². The molecule has 98 valence electrons. The van der Waals surface area contributed by atoms with E-state index in [0.29, 0.717) is 5.25 Å². The molecule has 0 aromatic heterocycles. The lowest BCUT2D eigenvalue weighted by Gasteiger charge is -2.47. The molecule has 0 bridgehead atoms. The molecule has 2 fully saturated rings. The van der Waals surface area contributed by atoms with Gasteiger partial charge >= 0.3 is 0 Å². The van der Waals surface area contributed by atoms with Crippen LogP contribution in [0.15, 0.2) is 23.1 Å². The van der Waals surface area contributed by atoms with E-state index in [1.165, 1.54) is 42.6 Å². The van der Waals surface area contributed by atoms with Crippen LogP contribution in [-0.2, 0) is 4.74 Å². The van der Waals surface area contributed by atoms with Crippen LogP contribution >= 0.6 is 11.8 Å². The Morgan fingerprint density at radius 3 is 2.94 bits per heavy atom. The molecule has 0 amide bonds. The molecule has 2 nitrogen and oxygen atoms in total. The van der Waals surface area contributed by atoms with Gasteiger partial charge in [-0.05, 0) is 56.7 Å². The minimum atomic E-state index is 0.240. The monoisotopic (exact) mass is 263 g/mol. The lowest BCUT2D eigenvalue weighted by atomic mass is 9.75. The van der Waals surface area contributed by atoms with Gasteiger partial charge in [0.2, 0.25) is 0 Å². The van der Waals surface area contributed by atoms with Crippen molar-refractivity contribution >= 4 is 17.4 Å². The van der Waals surface area contributed by atoms with Crippen molar-refractivity contribution in [2.75, 3.05) is 12.3 Å². The van der Waals surface area contributed by atoms with E-state index in [2.05, 4.69) is 19.1 Å². The summed E-state index contributed by atoms with van der Waals surface area (Å²) < 4.78 is 5.99. The number of ether oxygens (including phenoxy) is 1. The Hall–Kier alpha value is -0.670. The maximum absolute atomic E-state index is 5.99. The Morgan fingerprint density at radius 2 is 2.22 bits per heavy atom. The van der Waals surface area contributed by atoms with Crippen molar-refractivity contribution in [1.29, 1.82) is 0 Å². The fourth-order valence-electron chi connectivity index (χ4n) is 2.94. The third-order valence-corrected chi connectivity index (χ3v) is 5.76. The molecule has 1 saturated heterocycles. The number of anilines is 1. The smallest absolute Gasteiger partial charge is 0.0693 e. The molecule has 1 aliphatic carbocycles. The highest BCUT2D eigenvalue weighted by Crippen LogP contribution is 2.46. The zero-order valence-electron chi connectivity index (χ0n) is 10.9. The normalized spacial score (nSPS) is 25.9. The molecule has 1 aromatic rings. The lowest BCUT2D eigenvalue weighted by Crippen LogP contribution is -2.46. The third kappa shape index (κ3) is 2.26. The van der Waals surface area contributed by atoms with Gasteiger partial charge in [-0.1, -0.05) is 6.07 Å². The minimum absolute atomic E-state index is 0.240. The summed E-state index contributed by atoms with van der Waals surface area (Å²) in [5.41, 5.74) is 8.36. The predicted octanol–water partition coefficient (Wildman–Crippen LogP) is 3.77. The molecule has 0 radical (unpaired) electrons. The van der Waals surface area contributed by atoms with Gasteiger partial charge in [-0.2, -0.15) is 0 Å². The van der Waals surface area contributed by atoms with Gasteiger partial charge < -0.3 is 10.5 Å². The van der Waals surface area contributed by atoms with Crippen LogP contribution in [0.1, 0.15) is 37.7 Å². The van der Waals surface area contributed by atoms with Crippen LogP contribution in [0.3, 0.4) is 0 Å². The van der Waals surface area contributed by atoms with Gasteiger partial charge in [0.1, 0.15) is 0 Å². The van der Waals surface area contributed by atoms with E-state index in [4.69, 9.17) is 10.5 Å². The molecule has 2 N–H and O–H groups in total. The first kappa shape index (κ1) is 12.4. The minimum Gasteiger partial charge on any atom is -0.398 e. The van der Waals surface area contributed by atoms with Crippen molar-refractivity contribution in [3.63, 3.8) is 0 Å². The third-order valence-electron chi connectivity index (χ3n) is 4.33. The zero-order valence-corrected chi connectivity index (χ0v) is 11.8. The van der Waals surface area contributed by atoms with E-state index in [1.807, 2.05) is 17.8 Å². The van der Waals surface area contributed by atoms with E-state index in [1.54, 1.807) is 0 Å². The van der Waals surface area contributed by atoms with Gasteiger partial charge in [-0.15, -0.1) is 11.8 Å². The highest BCUT2D eigenvalue weighted by Gasteiger charge is 2.42. The van der Waals surface area contributed by atoms with Crippen molar-refractivity contribution in [3.8, 4) is 0 Å². The highest BCUT2D eigenvalue weighted by molar-refractivity contribution is 8.00. The standard InChI is InChI=1S/C15H21NOS/c1-11-13(16)4-2-5-14(11)18-12-6-9-17-15(10-12)7-3-8-15/h2,4-5,12H,3,6-10,16H2,1H3. The van der Waals surface area contributed by atoms with Gasteiger partial charge in [0.25, 0.3) is 0 Å². The number of hydrogen-bond donors (Lipinski definition) is 1. The fourth-order valence-corrected chi connectivity index (χ4v) is 4.35. The fraction of sp³-hybridized carbons (Fsp3) is 0.600. The van der Waals surface area contributed by atoms with E-state index in [-0.39, 0.29) is 5.60 Å². The number of nitrogen functional groups attached to an aromatic ring is 1. The summed E-state index contributed by atoms with van der Waals surface area (Å²) in [6, 6.07) is 6.24. The average molecular weight is 263 g/mol. The summed E-state index contributed by atoms with van der Waals surface area (Å²) in [6.45, 7) is 3.05. The number of hydrogen-bond acceptors (Lipinski definition) is 3. The summed E-state index contributed by atoms with van der Waals surface area (Å²) in [7, 11) is 0. The Balaban J connectivity index is 1.70. The van der Waals surface area contributed by atoms with Crippen LogP contribution < -0.4 is 5.73 Å². The molecular weight excluding hydrogens is 242 g/mol. The summed E-state index contributed by atoms with van der Waals surface area (Å²) in [5.74, 6) is 0. The highest BCUT2D eigenvalue weighted by atomic mass is 32.2. The second-order valence-corrected chi connectivity index (χ2v) is 6.93. The first-order valence-electron chi connectivity index (χ1n) is 6.84. The molecule has 1 atom stereocenters. The predicted molar refractivity (Wildman–Crippen MR) is 77.0 cm³/mol. The lowest BCUT2D eigenvalue weighted by molar-refractivity contribution is -0.125. The van der Waals surface area contributed by atoms with E-state index >= 15 is 0 Å². The maximum atomic E-state index is 5.99. The van der Waals surface area contributed by atoms with Crippen molar-refractivity contribution in [2.45, 2.75) is 54.8 Å². The molecule has 2 aliphatic rings. The second kappa shape index (κ2) is 4.78. The van der Waals surface area contributed by atoms with E-state index in [9.17, 15) is 0 Å². The topological polar surface area (TPSA) is 35.2 Å². The molecule has 1 spiro atoms. The van der Waals surface area contributed by atoms with Crippen LogP contribution in [-0.4, -0.2) is 17.5 Å². The molecule has 18 heavy (non-hydrogen) atoms. The molecule has 1 unspecified atom stereocenters. The number of nitrogens with two attached hydrogens (primary N) is 1. The SMILES string of the molecule is Cc1c(N)cccc1SC1CCOC2(CCC2)C1. The number of benzene rings is 1. The van der Waals surface area contributed by atoms with Gasteiger partial charge in [0.15, 0.2) is 0 Å². The van der Waals surface area contributed by atoms with Crippen LogP contribution in [0.2, 0.25) is 0 Å².